The lowest BCUT2D eigenvalue weighted by Gasteiger charge is -2.08. The predicted octanol–water partition coefficient (Wildman–Crippen LogP) is 2.45. The Labute approximate surface area is 113 Å². The van der Waals surface area contributed by atoms with E-state index >= 15 is 0 Å². The zero-order valence-electron chi connectivity index (χ0n) is 10.7. The van der Waals surface area contributed by atoms with E-state index in [-0.39, 0.29) is 31.3 Å². The van der Waals surface area contributed by atoms with E-state index in [0.29, 0.717) is 6.42 Å². The van der Waals surface area contributed by atoms with Crippen LogP contribution in [0.4, 0.5) is 17.6 Å². The third kappa shape index (κ3) is 7.73. The van der Waals surface area contributed by atoms with Gasteiger partial charge in [0.1, 0.15) is 12.4 Å². The summed E-state index contributed by atoms with van der Waals surface area (Å²) in [6.07, 6.45) is -3.73. The van der Waals surface area contributed by atoms with Crippen LogP contribution in [0.3, 0.4) is 0 Å². The Morgan fingerprint density at radius 2 is 1.85 bits per heavy atom. The molecule has 1 rings (SSSR count). The van der Waals surface area contributed by atoms with E-state index < -0.39 is 12.8 Å². The molecular formula is C13H15F4NO2. The Bertz CT molecular complexity index is 417. The number of hydrogen-bond donors (Lipinski definition) is 1. The molecule has 20 heavy (non-hydrogen) atoms. The molecule has 1 N–H and O–H groups in total. The van der Waals surface area contributed by atoms with Crippen molar-refractivity contribution in [1.29, 1.82) is 0 Å². The summed E-state index contributed by atoms with van der Waals surface area (Å²) in [6, 6.07) is 5.76. The lowest BCUT2D eigenvalue weighted by molar-refractivity contribution is -0.173. The maximum Gasteiger partial charge on any atom is 0.411 e. The molecule has 0 saturated heterocycles. The molecule has 1 aromatic carbocycles. The maximum absolute atomic E-state index is 12.6. The summed E-state index contributed by atoms with van der Waals surface area (Å²) >= 11 is 0. The summed E-state index contributed by atoms with van der Waals surface area (Å²) in [4.78, 5) is 11.4. The van der Waals surface area contributed by atoms with E-state index in [1.807, 2.05) is 0 Å². The highest BCUT2D eigenvalue weighted by Gasteiger charge is 2.27. The van der Waals surface area contributed by atoms with Gasteiger partial charge in [-0.2, -0.15) is 13.2 Å². The number of alkyl halides is 3. The van der Waals surface area contributed by atoms with Gasteiger partial charge in [0, 0.05) is 13.0 Å². The van der Waals surface area contributed by atoms with Gasteiger partial charge in [0.15, 0.2) is 0 Å². The first-order valence-electron chi connectivity index (χ1n) is 6.02. The van der Waals surface area contributed by atoms with Gasteiger partial charge in [0.05, 0.1) is 6.61 Å². The third-order valence-corrected chi connectivity index (χ3v) is 2.39. The Morgan fingerprint density at radius 1 is 1.20 bits per heavy atom. The SMILES string of the molecule is O=C(CCc1ccc(F)cc1)NCCOCC(F)(F)F. The van der Waals surface area contributed by atoms with Crippen molar-refractivity contribution < 1.29 is 27.1 Å². The molecule has 0 atom stereocenters. The Kier molecular flexibility index (Phi) is 6.44. The summed E-state index contributed by atoms with van der Waals surface area (Å²) in [5, 5.41) is 2.45. The lowest BCUT2D eigenvalue weighted by atomic mass is 10.1. The molecule has 0 heterocycles. The van der Waals surface area contributed by atoms with Gasteiger partial charge < -0.3 is 10.1 Å². The van der Waals surface area contributed by atoms with Crippen LogP contribution in [0, 0.1) is 5.82 Å². The Hall–Kier alpha value is -1.63. The molecule has 0 aromatic heterocycles. The lowest BCUT2D eigenvalue weighted by Crippen LogP contribution is -2.29. The molecule has 7 heteroatoms. The normalized spacial score (nSPS) is 11.4. The van der Waals surface area contributed by atoms with Gasteiger partial charge >= 0.3 is 6.18 Å². The zero-order valence-corrected chi connectivity index (χ0v) is 10.7. The smallest absolute Gasteiger partial charge is 0.370 e. The van der Waals surface area contributed by atoms with Gasteiger partial charge in [-0.15, -0.1) is 0 Å². The molecule has 0 saturated carbocycles. The molecule has 0 spiro atoms. The van der Waals surface area contributed by atoms with E-state index in [0.717, 1.165) is 5.56 Å². The van der Waals surface area contributed by atoms with E-state index in [2.05, 4.69) is 10.1 Å². The summed E-state index contributed by atoms with van der Waals surface area (Å²) in [7, 11) is 0. The maximum atomic E-state index is 12.6. The van der Waals surface area contributed by atoms with Crippen molar-refractivity contribution in [3.05, 3.63) is 35.6 Å². The van der Waals surface area contributed by atoms with Crippen molar-refractivity contribution in [3.8, 4) is 0 Å². The number of carbonyl (C=O) groups excluding carboxylic acids is 1. The molecule has 0 aliphatic heterocycles. The summed E-state index contributed by atoms with van der Waals surface area (Å²) in [5.41, 5.74) is 0.815. The molecule has 0 aliphatic carbocycles. The number of nitrogens with one attached hydrogen (secondary N) is 1. The second-order valence-electron chi connectivity index (χ2n) is 4.14. The minimum Gasteiger partial charge on any atom is -0.370 e. The van der Waals surface area contributed by atoms with Crippen molar-refractivity contribution in [2.45, 2.75) is 19.0 Å². The van der Waals surface area contributed by atoms with Gasteiger partial charge in [0.2, 0.25) is 5.91 Å². The van der Waals surface area contributed by atoms with Crippen molar-refractivity contribution in [1.82, 2.24) is 5.32 Å². The first-order chi connectivity index (χ1) is 9.37. The van der Waals surface area contributed by atoms with Crippen LogP contribution in [-0.2, 0) is 16.0 Å². The molecule has 1 aromatic rings. The number of ether oxygens (including phenoxy) is 1. The highest BCUT2D eigenvalue weighted by Crippen LogP contribution is 2.13. The van der Waals surface area contributed by atoms with Crippen molar-refractivity contribution in [2.24, 2.45) is 0 Å². The largest absolute Gasteiger partial charge is 0.411 e. The van der Waals surface area contributed by atoms with E-state index in [4.69, 9.17) is 0 Å². The fraction of sp³-hybridized carbons (Fsp3) is 0.462. The minimum atomic E-state index is -4.35. The molecule has 3 nitrogen and oxygen atoms in total. The van der Waals surface area contributed by atoms with E-state index in [1.165, 1.54) is 12.1 Å². The van der Waals surface area contributed by atoms with Crippen LogP contribution in [0.15, 0.2) is 24.3 Å². The number of benzene rings is 1. The van der Waals surface area contributed by atoms with Crippen molar-refractivity contribution in [2.75, 3.05) is 19.8 Å². The van der Waals surface area contributed by atoms with Crippen LogP contribution in [0.1, 0.15) is 12.0 Å². The molecule has 1 amide bonds. The van der Waals surface area contributed by atoms with Gasteiger partial charge in [0.25, 0.3) is 0 Å². The number of aryl methyl sites for hydroxylation is 1. The number of amides is 1. The van der Waals surface area contributed by atoms with Gasteiger partial charge in [-0.05, 0) is 24.1 Å². The first-order valence-corrected chi connectivity index (χ1v) is 6.02. The van der Waals surface area contributed by atoms with Crippen molar-refractivity contribution in [3.63, 3.8) is 0 Å². The average Bonchev–Trinajstić information content (AvgIpc) is 2.36. The summed E-state index contributed by atoms with van der Waals surface area (Å²) in [6.45, 7) is -1.49. The number of halogens is 4. The van der Waals surface area contributed by atoms with Crippen LogP contribution < -0.4 is 5.32 Å². The monoisotopic (exact) mass is 293 g/mol. The molecule has 0 radical (unpaired) electrons. The molecule has 0 fully saturated rings. The molecule has 112 valence electrons. The highest BCUT2D eigenvalue weighted by molar-refractivity contribution is 5.76. The Balaban J connectivity index is 2.10. The molecule has 0 unspecified atom stereocenters. The van der Waals surface area contributed by atoms with Crippen LogP contribution >= 0.6 is 0 Å². The molecular weight excluding hydrogens is 278 g/mol. The van der Waals surface area contributed by atoms with E-state index in [1.54, 1.807) is 12.1 Å². The fourth-order valence-corrected chi connectivity index (χ4v) is 1.45. The second kappa shape index (κ2) is 7.84. The summed E-state index contributed by atoms with van der Waals surface area (Å²) < 4.78 is 52.2. The van der Waals surface area contributed by atoms with E-state index in [9.17, 15) is 22.4 Å². The van der Waals surface area contributed by atoms with Gasteiger partial charge in [-0.25, -0.2) is 4.39 Å². The second-order valence-corrected chi connectivity index (χ2v) is 4.14. The minimum absolute atomic E-state index is 0.0261. The van der Waals surface area contributed by atoms with Crippen LogP contribution in [0.2, 0.25) is 0 Å². The highest BCUT2D eigenvalue weighted by atomic mass is 19.4. The van der Waals surface area contributed by atoms with Crippen LogP contribution in [-0.4, -0.2) is 31.8 Å². The fourth-order valence-electron chi connectivity index (χ4n) is 1.45. The van der Waals surface area contributed by atoms with Crippen molar-refractivity contribution >= 4 is 5.91 Å². The predicted molar refractivity (Wildman–Crippen MR) is 64.6 cm³/mol. The van der Waals surface area contributed by atoms with Gasteiger partial charge in [-0.3, -0.25) is 4.79 Å². The average molecular weight is 293 g/mol. The van der Waals surface area contributed by atoms with Crippen LogP contribution in [0.5, 0.6) is 0 Å². The zero-order chi connectivity index (χ0) is 15.0. The quantitative estimate of drug-likeness (QED) is 0.619. The number of rotatable bonds is 7. The Morgan fingerprint density at radius 3 is 2.45 bits per heavy atom. The first kappa shape index (κ1) is 16.4. The standard InChI is InChI=1S/C13H15F4NO2/c14-11-4-1-10(2-5-11)3-6-12(19)18-7-8-20-9-13(15,16)17/h1-2,4-5H,3,6-9H2,(H,18,19). The number of carbonyl (C=O) groups is 1. The summed E-state index contributed by atoms with van der Waals surface area (Å²) in [5.74, 6) is -0.634. The third-order valence-electron chi connectivity index (χ3n) is 2.39. The molecule has 0 bridgehead atoms. The topological polar surface area (TPSA) is 38.3 Å². The number of hydrogen-bond acceptors (Lipinski definition) is 2. The van der Waals surface area contributed by atoms with Gasteiger partial charge in [-0.1, -0.05) is 12.1 Å². The van der Waals surface area contributed by atoms with Crippen LogP contribution in [0.25, 0.3) is 0 Å². The molecule has 0 aliphatic rings.